The molecule has 0 aliphatic heterocycles. The van der Waals surface area contributed by atoms with Crippen LogP contribution in [0.1, 0.15) is 16.7 Å². The van der Waals surface area contributed by atoms with E-state index < -0.39 is 7.92 Å². The lowest BCUT2D eigenvalue weighted by molar-refractivity contribution is 0.262. The molecule has 4 heteroatoms. The van der Waals surface area contributed by atoms with E-state index in [2.05, 4.69) is 86.0 Å². The van der Waals surface area contributed by atoms with Crippen LogP contribution in [0.15, 0.2) is 109 Å². The van der Waals surface area contributed by atoms with Crippen LogP contribution in [0.2, 0.25) is 0 Å². The lowest BCUT2D eigenvalue weighted by Gasteiger charge is -2.24. The predicted molar refractivity (Wildman–Crippen MR) is 156 cm³/mol. The topological polar surface area (TPSA) is 41.1 Å². The van der Waals surface area contributed by atoms with Crippen LogP contribution in [-0.4, -0.2) is 6.03 Å². The number of fused-ring (bicyclic) bond motifs is 1. The van der Waals surface area contributed by atoms with E-state index in [1.807, 2.05) is 54.6 Å². The van der Waals surface area contributed by atoms with Crippen molar-refractivity contribution in [1.82, 2.24) is 0 Å². The van der Waals surface area contributed by atoms with E-state index in [1.165, 1.54) is 32.6 Å². The highest BCUT2D eigenvalue weighted by Crippen LogP contribution is 2.36. The average molecular weight is 489 g/mol. The smallest absolute Gasteiger partial charge is 0.308 e. The van der Waals surface area contributed by atoms with Crippen molar-refractivity contribution in [3.8, 4) is 0 Å². The lowest BCUT2D eigenvalue weighted by Crippen LogP contribution is -2.25. The van der Waals surface area contributed by atoms with Crippen molar-refractivity contribution in [3.63, 3.8) is 0 Å². The van der Waals surface area contributed by atoms with Crippen molar-refractivity contribution in [2.24, 2.45) is 0 Å². The first-order chi connectivity index (χ1) is 17.5. The Morgan fingerprint density at radius 2 is 1.28 bits per heavy atom. The number of anilines is 2. The van der Waals surface area contributed by atoms with Crippen molar-refractivity contribution < 1.29 is 4.79 Å². The van der Waals surface area contributed by atoms with Gasteiger partial charge in [-0.05, 0) is 79.3 Å². The molecule has 0 bridgehead atoms. The number of hydrogen-bond donors (Lipinski definition) is 2. The molecule has 2 amide bonds. The SMILES string of the molecule is Cc1cc(C)c(P(c2ccccc2)c2cccc(NC(=O)Nc3cccc4ccccc34)c2)c(C)c1. The van der Waals surface area contributed by atoms with Crippen LogP contribution < -0.4 is 26.5 Å². The number of amides is 2. The zero-order valence-corrected chi connectivity index (χ0v) is 21.6. The van der Waals surface area contributed by atoms with Crippen LogP contribution >= 0.6 is 7.92 Å². The van der Waals surface area contributed by atoms with Gasteiger partial charge in [0, 0.05) is 11.1 Å². The Labute approximate surface area is 214 Å². The summed E-state index contributed by atoms with van der Waals surface area (Å²) >= 11 is 0. The molecular weight excluding hydrogens is 459 g/mol. The summed E-state index contributed by atoms with van der Waals surface area (Å²) in [7, 11) is -0.785. The van der Waals surface area contributed by atoms with Gasteiger partial charge in [0.05, 0.1) is 5.69 Å². The van der Waals surface area contributed by atoms with Crippen LogP contribution in [-0.2, 0) is 0 Å². The van der Waals surface area contributed by atoms with Crippen molar-refractivity contribution >= 4 is 52.0 Å². The van der Waals surface area contributed by atoms with Gasteiger partial charge in [-0.1, -0.05) is 96.6 Å². The molecule has 1 unspecified atom stereocenters. The first kappa shape index (κ1) is 23.8. The fraction of sp³-hybridized carbons (Fsp3) is 0.0938. The summed E-state index contributed by atoms with van der Waals surface area (Å²) in [6.07, 6.45) is 0. The van der Waals surface area contributed by atoms with Crippen molar-refractivity contribution in [1.29, 1.82) is 0 Å². The van der Waals surface area contributed by atoms with Crippen molar-refractivity contribution in [3.05, 3.63) is 126 Å². The third-order valence-electron chi connectivity index (χ3n) is 6.27. The van der Waals surface area contributed by atoms with Crippen molar-refractivity contribution in [2.75, 3.05) is 10.6 Å². The average Bonchev–Trinajstić information content (AvgIpc) is 2.87. The summed E-state index contributed by atoms with van der Waals surface area (Å²) in [5.74, 6) is 0. The molecule has 5 rings (SSSR count). The minimum atomic E-state index is -0.785. The van der Waals surface area contributed by atoms with Gasteiger partial charge < -0.3 is 10.6 Å². The second-order valence-corrected chi connectivity index (χ2v) is 11.2. The number of nitrogens with one attached hydrogen (secondary N) is 2. The van der Waals surface area contributed by atoms with Gasteiger partial charge in [-0.3, -0.25) is 0 Å². The normalized spacial score (nSPS) is 11.8. The summed E-state index contributed by atoms with van der Waals surface area (Å²) in [5.41, 5.74) is 5.44. The molecule has 0 aromatic heterocycles. The zero-order chi connectivity index (χ0) is 25.1. The van der Waals surface area contributed by atoms with Crippen LogP contribution in [0.4, 0.5) is 16.2 Å². The predicted octanol–water partition coefficient (Wildman–Crippen LogP) is 7.17. The molecular formula is C32H29N2OP. The van der Waals surface area contributed by atoms with Crippen molar-refractivity contribution in [2.45, 2.75) is 20.8 Å². The van der Waals surface area contributed by atoms with Crippen LogP contribution in [0.5, 0.6) is 0 Å². The first-order valence-electron chi connectivity index (χ1n) is 12.1. The second kappa shape index (κ2) is 10.4. The highest BCUT2D eigenvalue weighted by atomic mass is 31.1. The summed E-state index contributed by atoms with van der Waals surface area (Å²) in [5, 5.41) is 12.1. The Kier molecular flexibility index (Phi) is 6.84. The Hall–Kier alpha value is -3.94. The molecule has 0 heterocycles. The van der Waals surface area contributed by atoms with Gasteiger partial charge in [0.15, 0.2) is 0 Å². The Bertz CT molecular complexity index is 1520. The molecule has 0 fully saturated rings. The first-order valence-corrected chi connectivity index (χ1v) is 13.4. The quantitative estimate of drug-likeness (QED) is 0.253. The summed E-state index contributed by atoms with van der Waals surface area (Å²) in [6, 6.07) is 37.2. The number of benzene rings is 5. The van der Waals surface area contributed by atoms with E-state index in [1.54, 1.807) is 0 Å². The van der Waals surface area contributed by atoms with Gasteiger partial charge in [-0.2, -0.15) is 0 Å². The number of carbonyl (C=O) groups is 1. The molecule has 0 saturated carbocycles. The molecule has 5 aromatic rings. The van der Waals surface area contributed by atoms with E-state index in [4.69, 9.17) is 0 Å². The Balaban J connectivity index is 1.47. The van der Waals surface area contributed by atoms with Crippen LogP contribution in [0, 0.1) is 20.8 Å². The van der Waals surface area contributed by atoms with Crippen LogP contribution in [0.3, 0.4) is 0 Å². The van der Waals surface area contributed by atoms with Gasteiger partial charge in [-0.15, -0.1) is 0 Å². The van der Waals surface area contributed by atoms with E-state index >= 15 is 0 Å². The molecule has 2 N–H and O–H groups in total. The third kappa shape index (κ3) is 5.03. The standard InChI is InChI=1S/C32H29N2OP/c1-22-19-23(2)31(24(3)20-22)36(27-14-5-4-6-15-27)28-16-10-13-26(21-28)33-32(35)34-30-18-9-12-25-11-7-8-17-29(25)30/h4-21H,1-3H3,(H2,33,34,35). The maximum Gasteiger partial charge on any atom is 0.323 e. The fourth-order valence-electron chi connectivity index (χ4n) is 4.85. The largest absolute Gasteiger partial charge is 0.323 e. The zero-order valence-electron chi connectivity index (χ0n) is 20.7. The highest BCUT2D eigenvalue weighted by molar-refractivity contribution is 7.80. The fourth-order valence-corrected chi connectivity index (χ4v) is 7.47. The van der Waals surface area contributed by atoms with E-state index in [-0.39, 0.29) is 6.03 Å². The van der Waals surface area contributed by atoms with E-state index in [9.17, 15) is 4.79 Å². The molecule has 0 radical (unpaired) electrons. The number of urea groups is 1. The summed E-state index contributed by atoms with van der Waals surface area (Å²) in [4.78, 5) is 13.0. The Morgan fingerprint density at radius 3 is 2.06 bits per heavy atom. The molecule has 0 spiro atoms. The van der Waals surface area contributed by atoms with Gasteiger partial charge in [0.1, 0.15) is 0 Å². The number of carbonyl (C=O) groups excluding carboxylic acids is 1. The molecule has 0 aliphatic carbocycles. The monoisotopic (exact) mass is 488 g/mol. The highest BCUT2D eigenvalue weighted by Gasteiger charge is 2.21. The lowest BCUT2D eigenvalue weighted by atomic mass is 10.1. The number of hydrogen-bond acceptors (Lipinski definition) is 1. The minimum absolute atomic E-state index is 0.254. The molecule has 3 nitrogen and oxygen atoms in total. The summed E-state index contributed by atoms with van der Waals surface area (Å²) in [6.45, 7) is 6.55. The molecule has 1 atom stereocenters. The minimum Gasteiger partial charge on any atom is -0.308 e. The Morgan fingerprint density at radius 1 is 0.639 bits per heavy atom. The second-order valence-electron chi connectivity index (χ2n) is 9.07. The van der Waals surface area contributed by atoms with Gasteiger partial charge >= 0.3 is 6.03 Å². The molecule has 5 aromatic carbocycles. The van der Waals surface area contributed by atoms with E-state index in [0.29, 0.717) is 0 Å². The maximum atomic E-state index is 13.0. The van der Waals surface area contributed by atoms with Crippen LogP contribution in [0.25, 0.3) is 10.8 Å². The molecule has 36 heavy (non-hydrogen) atoms. The molecule has 0 saturated heterocycles. The number of aryl methyl sites for hydroxylation is 3. The van der Waals surface area contributed by atoms with Gasteiger partial charge in [0.25, 0.3) is 0 Å². The molecule has 178 valence electrons. The van der Waals surface area contributed by atoms with Gasteiger partial charge in [0.2, 0.25) is 0 Å². The van der Waals surface area contributed by atoms with E-state index in [0.717, 1.165) is 22.1 Å². The number of rotatable bonds is 5. The molecule has 0 aliphatic rings. The van der Waals surface area contributed by atoms with Gasteiger partial charge in [-0.25, -0.2) is 4.79 Å². The maximum absolute atomic E-state index is 13.0. The summed E-state index contributed by atoms with van der Waals surface area (Å²) < 4.78 is 0. The third-order valence-corrected chi connectivity index (χ3v) is 9.04.